The summed E-state index contributed by atoms with van der Waals surface area (Å²) in [5.41, 5.74) is 1.23. The van der Waals surface area contributed by atoms with Gasteiger partial charge in [0.15, 0.2) is 6.10 Å². The Balaban J connectivity index is 1.47. The highest BCUT2D eigenvalue weighted by atomic mass is 16.5. The van der Waals surface area contributed by atoms with E-state index in [9.17, 15) is 4.79 Å². The molecule has 0 aliphatic rings. The van der Waals surface area contributed by atoms with Crippen molar-refractivity contribution < 1.29 is 14.3 Å². The molecule has 0 aliphatic carbocycles. The summed E-state index contributed by atoms with van der Waals surface area (Å²) in [6, 6.07) is 21.9. The standard InChI is InChI=1S/C23H25NO3/c1-17(27-22-11-5-9-19-8-3-4-10-21(19)22)23(25)24-16-6-7-18-12-14-20(26-2)15-13-18/h3-5,8-15,17H,6-7,16H2,1-2H3,(H,24,25)/t17-/m0/s1. The molecule has 4 heteroatoms. The monoisotopic (exact) mass is 363 g/mol. The summed E-state index contributed by atoms with van der Waals surface area (Å²) in [6.07, 6.45) is 1.24. The summed E-state index contributed by atoms with van der Waals surface area (Å²) in [5.74, 6) is 1.48. The Kier molecular flexibility index (Phi) is 6.31. The van der Waals surface area contributed by atoms with E-state index < -0.39 is 6.10 Å². The summed E-state index contributed by atoms with van der Waals surface area (Å²) < 4.78 is 11.1. The predicted molar refractivity (Wildman–Crippen MR) is 108 cm³/mol. The maximum absolute atomic E-state index is 12.3. The molecule has 4 nitrogen and oxygen atoms in total. The van der Waals surface area contributed by atoms with Gasteiger partial charge in [-0.25, -0.2) is 0 Å². The number of fused-ring (bicyclic) bond motifs is 1. The van der Waals surface area contributed by atoms with E-state index in [1.165, 1.54) is 5.56 Å². The van der Waals surface area contributed by atoms with E-state index in [0.29, 0.717) is 6.54 Å². The lowest BCUT2D eigenvalue weighted by molar-refractivity contribution is -0.127. The molecule has 0 saturated heterocycles. The molecule has 3 rings (SSSR count). The number of rotatable bonds is 8. The van der Waals surface area contributed by atoms with Crippen LogP contribution >= 0.6 is 0 Å². The van der Waals surface area contributed by atoms with E-state index in [1.54, 1.807) is 14.0 Å². The first-order valence-electron chi connectivity index (χ1n) is 9.22. The topological polar surface area (TPSA) is 47.6 Å². The summed E-state index contributed by atoms with van der Waals surface area (Å²) in [6.45, 7) is 2.40. The second kappa shape index (κ2) is 9.08. The Morgan fingerprint density at radius 3 is 2.52 bits per heavy atom. The number of methoxy groups -OCH3 is 1. The van der Waals surface area contributed by atoms with Crippen LogP contribution in [0.4, 0.5) is 0 Å². The lowest BCUT2D eigenvalue weighted by atomic mass is 10.1. The number of ether oxygens (including phenoxy) is 2. The number of hydrogen-bond acceptors (Lipinski definition) is 3. The molecule has 27 heavy (non-hydrogen) atoms. The predicted octanol–water partition coefficient (Wildman–Crippen LogP) is 4.36. The normalized spacial score (nSPS) is 11.8. The third-order valence-electron chi connectivity index (χ3n) is 4.52. The Bertz CT molecular complexity index is 884. The Morgan fingerprint density at radius 1 is 1.00 bits per heavy atom. The van der Waals surface area contributed by atoms with Crippen LogP contribution in [0.1, 0.15) is 18.9 Å². The minimum absolute atomic E-state index is 0.0994. The molecule has 0 spiro atoms. The van der Waals surface area contributed by atoms with E-state index in [1.807, 2.05) is 66.7 Å². The zero-order valence-electron chi connectivity index (χ0n) is 15.8. The molecule has 0 fully saturated rings. The first-order chi connectivity index (χ1) is 13.2. The second-order valence-electron chi connectivity index (χ2n) is 6.48. The van der Waals surface area contributed by atoms with Crippen LogP contribution in [0.3, 0.4) is 0 Å². The van der Waals surface area contributed by atoms with Crippen molar-refractivity contribution in [3.8, 4) is 11.5 Å². The molecule has 0 aromatic heterocycles. The number of hydrogen-bond donors (Lipinski definition) is 1. The first-order valence-corrected chi connectivity index (χ1v) is 9.22. The van der Waals surface area contributed by atoms with Crippen LogP contribution in [0.25, 0.3) is 10.8 Å². The van der Waals surface area contributed by atoms with Gasteiger partial charge in [-0.1, -0.05) is 48.5 Å². The van der Waals surface area contributed by atoms with Gasteiger partial charge in [-0.3, -0.25) is 4.79 Å². The number of benzene rings is 3. The van der Waals surface area contributed by atoms with Crippen molar-refractivity contribution >= 4 is 16.7 Å². The van der Waals surface area contributed by atoms with Crippen LogP contribution in [0, 0.1) is 0 Å². The summed E-state index contributed by atoms with van der Waals surface area (Å²) >= 11 is 0. The maximum Gasteiger partial charge on any atom is 0.260 e. The van der Waals surface area contributed by atoms with Gasteiger partial charge in [-0.15, -0.1) is 0 Å². The molecule has 0 unspecified atom stereocenters. The zero-order valence-corrected chi connectivity index (χ0v) is 15.8. The molecule has 3 aromatic carbocycles. The van der Waals surface area contributed by atoms with Crippen molar-refractivity contribution in [2.45, 2.75) is 25.9 Å². The maximum atomic E-state index is 12.3. The van der Waals surface area contributed by atoms with Crippen LogP contribution in [-0.4, -0.2) is 25.7 Å². The van der Waals surface area contributed by atoms with Crippen LogP contribution in [0.2, 0.25) is 0 Å². The van der Waals surface area contributed by atoms with Gasteiger partial charge in [-0.2, -0.15) is 0 Å². The average Bonchev–Trinajstić information content (AvgIpc) is 2.71. The van der Waals surface area contributed by atoms with Crippen LogP contribution < -0.4 is 14.8 Å². The number of nitrogens with one attached hydrogen (secondary N) is 1. The highest BCUT2D eigenvalue weighted by molar-refractivity contribution is 5.89. The molecular weight excluding hydrogens is 338 g/mol. The van der Waals surface area contributed by atoms with Gasteiger partial charge < -0.3 is 14.8 Å². The fourth-order valence-corrected chi connectivity index (χ4v) is 2.98. The lowest BCUT2D eigenvalue weighted by Gasteiger charge is -2.16. The second-order valence-corrected chi connectivity index (χ2v) is 6.48. The zero-order chi connectivity index (χ0) is 19.1. The third kappa shape index (κ3) is 5.00. The Hall–Kier alpha value is -3.01. The smallest absolute Gasteiger partial charge is 0.260 e. The summed E-state index contributed by atoms with van der Waals surface area (Å²) in [7, 11) is 1.66. The quantitative estimate of drug-likeness (QED) is 0.605. The number of carbonyl (C=O) groups is 1. The van der Waals surface area contributed by atoms with Gasteiger partial charge in [0.1, 0.15) is 11.5 Å². The minimum atomic E-state index is -0.545. The van der Waals surface area contributed by atoms with Gasteiger partial charge >= 0.3 is 0 Å². The lowest BCUT2D eigenvalue weighted by Crippen LogP contribution is -2.37. The molecule has 3 aromatic rings. The van der Waals surface area contributed by atoms with Crippen molar-refractivity contribution in [3.05, 3.63) is 72.3 Å². The Morgan fingerprint density at radius 2 is 1.74 bits per heavy atom. The minimum Gasteiger partial charge on any atom is -0.497 e. The van der Waals surface area contributed by atoms with Crippen molar-refractivity contribution in [3.63, 3.8) is 0 Å². The molecule has 140 valence electrons. The van der Waals surface area contributed by atoms with Crippen molar-refractivity contribution in [2.75, 3.05) is 13.7 Å². The largest absolute Gasteiger partial charge is 0.497 e. The van der Waals surface area contributed by atoms with E-state index in [-0.39, 0.29) is 5.91 Å². The van der Waals surface area contributed by atoms with Crippen molar-refractivity contribution in [1.29, 1.82) is 0 Å². The first kappa shape index (κ1) is 18.8. The number of aryl methyl sites for hydroxylation is 1. The SMILES string of the molecule is COc1ccc(CCCNC(=O)[C@H](C)Oc2cccc3ccccc23)cc1. The van der Waals surface area contributed by atoms with Gasteiger partial charge in [0.25, 0.3) is 5.91 Å². The van der Waals surface area contributed by atoms with Crippen LogP contribution in [0.5, 0.6) is 11.5 Å². The molecule has 0 radical (unpaired) electrons. The van der Waals surface area contributed by atoms with Gasteiger partial charge in [0, 0.05) is 11.9 Å². The molecule has 1 N–H and O–H groups in total. The number of amides is 1. The van der Waals surface area contributed by atoms with Crippen LogP contribution in [0.15, 0.2) is 66.7 Å². The highest BCUT2D eigenvalue weighted by Crippen LogP contribution is 2.26. The van der Waals surface area contributed by atoms with E-state index in [0.717, 1.165) is 35.1 Å². The average molecular weight is 363 g/mol. The third-order valence-corrected chi connectivity index (χ3v) is 4.52. The van der Waals surface area contributed by atoms with Gasteiger partial charge in [0.2, 0.25) is 0 Å². The fraction of sp³-hybridized carbons (Fsp3) is 0.261. The molecule has 0 saturated carbocycles. The molecule has 1 amide bonds. The molecular formula is C23H25NO3. The van der Waals surface area contributed by atoms with E-state index in [2.05, 4.69) is 5.32 Å². The van der Waals surface area contributed by atoms with Gasteiger partial charge in [0.05, 0.1) is 7.11 Å². The summed E-state index contributed by atoms with van der Waals surface area (Å²) in [4.78, 5) is 12.3. The highest BCUT2D eigenvalue weighted by Gasteiger charge is 2.15. The number of carbonyl (C=O) groups excluding carboxylic acids is 1. The van der Waals surface area contributed by atoms with E-state index in [4.69, 9.17) is 9.47 Å². The van der Waals surface area contributed by atoms with Crippen LogP contribution in [-0.2, 0) is 11.2 Å². The van der Waals surface area contributed by atoms with E-state index >= 15 is 0 Å². The summed E-state index contributed by atoms with van der Waals surface area (Å²) in [5, 5.41) is 5.07. The fourth-order valence-electron chi connectivity index (χ4n) is 2.98. The van der Waals surface area contributed by atoms with Gasteiger partial charge in [-0.05, 0) is 48.9 Å². The molecule has 0 bridgehead atoms. The Labute approximate surface area is 160 Å². The molecule has 1 atom stereocenters. The van der Waals surface area contributed by atoms with Crippen molar-refractivity contribution in [1.82, 2.24) is 5.32 Å². The van der Waals surface area contributed by atoms with Crippen molar-refractivity contribution in [2.24, 2.45) is 0 Å². The molecule has 0 heterocycles. The molecule has 0 aliphatic heterocycles.